The molecule has 2 heterocycles. The van der Waals surface area contributed by atoms with Crippen molar-refractivity contribution in [2.75, 3.05) is 10.7 Å². The molecule has 254 valence electrons. The van der Waals surface area contributed by atoms with Gasteiger partial charge in [0, 0.05) is 27.6 Å². The number of ketones is 1. The third kappa shape index (κ3) is 6.69. The lowest BCUT2D eigenvalue weighted by molar-refractivity contribution is -0.271. The largest absolute Gasteiger partial charge is 0.508 e. The maximum Gasteiger partial charge on any atom is 0.335 e. The summed E-state index contributed by atoms with van der Waals surface area (Å²) in [7, 11) is -2.11. The summed E-state index contributed by atoms with van der Waals surface area (Å²) in [6, 6.07) is 23.0. The molecule has 0 aromatic heterocycles. The highest BCUT2D eigenvalue weighted by Crippen LogP contribution is 2.46. The van der Waals surface area contributed by atoms with Crippen LogP contribution in [0.5, 0.6) is 11.5 Å². The Morgan fingerprint density at radius 3 is 2.22 bits per heavy atom. The molecule has 2 saturated heterocycles. The maximum atomic E-state index is 13.8. The molecule has 14 heteroatoms. The molecule has 12 nitrogen and oxygen atoms in total. The molecule has 0 aliphatic carbocycles. The van der Waals surface area contributed by atoms with Gasteiger partial charge in [-0.25, -0.2) is 9.18 Å². The van der Waals surface area contributed by atoms with Crippen molar-refractivity contribution in [3.8, 4) is 22.6 Å². The van der Waals surface area contributed by atoms with Crippen LogP contribution in [0.3, 0.4) is 0 Å². The summed E-state index contributed by atoms with van der Waals surface area (Å²) < 4.78 is 38.7. The number of aliphatic hydroxyl groups excluding tert-OH is 3. The lowest BCUT2D eigenvalue weighted by Crippen LogP contribution is -2.62. The Labute approximate surface area is 281 Å². The summed E-state index contributed by atoms with van der Waals surface area (Å²) in [5.74, 6) is -4.01. The van der Waals surface area contributed by atoms with Gasteiger partial charge in [-0.15, -0.1) is 0 Å². The first kappa shape index (κ1) is 33.9. The Kier molecular flexibility index (Phi) is 9.59. The monoisotopic (exact) mass is 691 g/mol. The third-order valence-corrected chi connectivity index (χ3v) is 9.94. The number of hydrogen-bond acceptors (Lipinski definition) is 10. The number of rotatable bonds is 10. The van der Waals surface area contributed by atoms with Gasteiger partial charge in [0.1, 0.15) is 40.9 Å². The highest BCUT2D eigenvalue weighted by atomic mass is 32.2. The SMILES string of the molecule is O=C(CS(=O)[C@H]1C(=O)N(c2ccccc2)[C@@H]1c1ccc(-c2cccc(O)c2)cc1O[C@@H]1OC(C(=O)O)C(O)C(O)C1O)c1ccc(F)cc1. The average molecular weight is 692 g/mol. The van der Waals surface area contributed by atoms with Crippen LogP contribution < -0.4 is 9.64 Å². The molecule has 0 saturated carbocycles. The molecular weight excluding hydrogens is 661 g/mol. The zero-order valence-corrected chi connectivity index (χ0v) is 26.2. The van der Waals surface area contributed by atoms with Crippen molar-refractivity contribution in [2.24, 2.45) is 0 Å². The number of para-hydroxylation sites is 1. The minimum atomic E-state index is -2.11. The molecule has 8 atom stereocenters. The molecule has 0 spiro atoms. The number of hydrogen-bond donors (Lipinski definition) is 5. The van der Waals surface area contributed by atoms with Crippen molar-refractivity contribution in [1.29, 1.82) is 0 Å². The zero-order chi connectivity index (χ0) is 35.0. The van der Waals surface area contributed by atoms with Crippen LogP contribution in [0.4, 0.5) is 10.1 Å². The molecule has 4 aromatic rings. The van der Waals surface area contributed by atoms with Crippen molar-refractivity contribution in [2.45, 2.75) is 42.0 Å². The van der Waals surface area contributed by atoms with Gasteiger partial charge in [0.15, 0.2) is 11.9 Å². The van der Waals surface area contributed by atoms with Gasteiger partial charge in [0.05, 0.1) is 11.8 Å². The second-order valence-corrected chi connectivity index (χ2v) is 13.1. The van der Waals surface area contributed by atoms with Gasteiger partial charge < -0.3 is 39.9 Å². The first-order valence-corrected chi connectivity index (χ1v) is 16.4. The van der Waals surface area contributed by atoms with Crippen LogP contribution in [0.25, 0.3) is 11.1 Å². The van der Waals surface area contributed by atoms with Crippen molar-refractivity contribution < 1.29 is 58.0 Å². The molecule has 4 aromatic carbocycles. The molecule has 2 fully saturated rings. The van der Waals surface area contributed by atoms with Gasteiger partial charge in [-0.1, -0.05) is 42.5 Å². The van der Waals surface area contributed by atoms with Gasteiger partial charge >= 0.3 is 5.97 Å². The highest BCUT2D eigenvalue weighted by Gasteiger charge is 2.54. The number of halogens is 1. The number of aromatic hydroxyl groups is 1. The second kappa shape index (κ2) is 13.9. The van der Waals surface area contributed by atoms with Crippen molar-refractivity contribution in [3.63, 3.8) is 0 Å². The summed E-state index contributed by atoms with van der Waals surface area (Å²) in [6.45, 7) is 0. The topological polar surface area (TPSA) is 191 Å². The van der Waals surface area contributed by atoms with Crippen molar-refractivity contribution in [3.05, 3.63) is 114 Å². The number of aliphatic hydroxyl groups is 3. The molecular formula is C35H30FNO11S. The van der Waals surface area contributed by atoms with E-state index in [1.807, 2.05) is 0 Å². The number of Topliss-reactive ketones (excluding diaryl/α,β-unsaturated/α-hetero) is 1. The number of β-lactam (4-membered cyclic amide) rings is 1. The Morgan fingerprint density at radius 1 is 0.857 bits per heavy atom. The van der Waals surface area contributed by atoms with E-state index in [4.69, 9.17) is 9.47 Å². The molecule has 1 amide bonds. The van der Waals surface area contributed by atoms with Crippen LogP contribution in [0.2, 0.25) is 0 Å². The summed E-state index contributed by atoms with van der Waals surface area (Å²) in [4.78, 5) is 39.9. The van der Waals surface area contributed by atoms with E-state index in [0.29, 0.717) is 16.8 Å². The lowest BCUT2D eigenvalue weighted by Gasteiger charge is -2.47. The average Bonchev–Trinajstić information content (AvgIpc) is 3.08. The third-order valence-electron chi connectivity index (χ3n) is 8.37. The number of nitrogens with zero attached hydrogens (tertiary/aromatic N) is 1. The van der Waals surface area contributed by atoms with Crippen LogP contribution in [0.1, 0.15) is 22.0 Å². The van der Waals surface area contributed by atoms with Gasteiger partial charge in [0.2, 0.25) is 12.2 Å². The minimum Gasteiger partial charge on any atom is -0.508 e. The van der Waals surface area contributed by atoms with Crippen LogP contribution >= 0.6 is 0 Å². The van der Waals surface area contributed by atoms with Gasteiger partial charge in [0.25, 0.3) is 0 Å². The van der Waals surface area contributed by atoms with Crippen molar-refractivity contribution >= 4 is 34.1 Å². The lowest BCUT2D eigenvalue weighted by atomic mass is 9.90. The first-order chi connectivity index (χ1) is 23.4. The van der Waals surface area contributed by atoms with Crippen LogP contribution in [0.15, 0.2) is 97.1 Å². The van der Waals surface area contributed by atoms with E-state index >= 15 is 0 Å². The molecule has 6 rings (SSSR count). The number of ether oxygens (including phenoxy) is 2. The smallest absolute Gasteiger partial charge is 0.335 e. The number of anilines is 1. The van der Waals surface area contributed by atoms with Crippen LogP contribution in [0, 0.1) is 5.82 Å². The first-order valence-electron chi connectivity index (χ1n) is 15.0. The van der Waals surface area contributed by atoms with E-state index in [0.717, 1.165) is 12.1 Å². The van der Waals surface area contributed by atoms with Crippen molar-refractivity contribution in [1.82, 2.24) is 0 Å². The zero-order valence-electron chi connectivity index (χ0n) is 25.4. The Balaban J connectivity index is 1.43. The molecule has 0 radical (unpaired) electrons. The number of carboxylic acids is 1. The number of benzene rings is 4. The Bertz CT molecular complexity index is 1910. The van der Waals surface area contributed by atoms with Gasteiger partial charge in [-0.05, 0) is 65.7 Å². The van der Waals surface area contributed by atoms with Gasteiger partial charge in [-0.2, -0.15) is 0 Å². The Morgan fingerprint density at radius 2 is 1.55 bits per heavy atom. The molecule has 5 unspecified atom stereocenters. The van der Waals surface area contributed by atoms with Crippen LogP contribution in [-0.4, -0.2) is 89.1 Å². The number of phenols is 1. The molecule has 2 aliphatic rings. The number of amides is 1. The number of aliphatic carboxylic acids is 1. The fourth-order valence-corrected chi connectivity index (χ4v) is 7.35. The number of carbonyl (C=O) groups excluding carboxylic acids is 2. The second-order valence-electron chi connectivity index (χ2n) is 11.5. The maximum absolute atomic E-state index is 13.8. The normalized spacial score (nSPS) is 25.7. The van der Waals surface area contributed by atoms with E-state index in [1.54, 1.807) is 54.6 Å². The summed E-state index contributed by atoms with van der Waals surface area (Å²) in [5.41, 5.74) is 1.75. The minimum absolute atomic E-state index is 0.0439. The standard InChI is InChI=1S/C35H30FNO11S/c36-21-12-9-18(10-13-21)25(39)17-49(46)32-27(37(33(32)43)22-6-2-1-3-7-22)24-14-11-20(19-5-4-8-23(38)15-19)16-26(24)47-35-30(42)28(40)29(41)31(48-35)34(44)45/h1-16,27-32,35,38,40-42H,17H2,(H,44,45)/t27-,28?,29?,30?,31?,32-,35-,49?/m1/s1. The number of carbonyl (C=O) groups is 3. The number of carboxylic acid groups (broad SMARTS) is 1. The van der Waals surface area contributed by atoms with E-state index in [2.05, 4.69) is 0 Å². The fourth-order valence-electron chi connectivity index (χ4n) is 5.86. The summed E-state index contributed by atoms with van der Waals surface area (Å²) in [6.07, 6.45) is -9.67. The van der Waals surface area contributed by atoms with E-state index in [9.17, 15) is 48.5 Å². The highest BCUT2D eigenvalue weighted by molar-refractivity contribution is 7.87. The molecule has 5 N–H and O–H groups in total. The fraction of sp³-hybridized carbons (Fsp3) is 0.229. The van der Waals surface area contributed by atoms with Gasteiger partial charge in [-0.3, -0.25) is 13.8 Å². The summed E-state index contributed by atoms with van der Waals surface area (Å²) >= 11 is 0. The predicted molar refractivity (Wildman–Crippen MR) is 173 cm³/mol. The summed E-state index contributed by atoms with van der Waals surface area (Å²) in [5, 5.41) is 49.8. The predicted octanol–water partition coefficient (Wildman–Crippen LogP) is 2.56. The number of phenolic OH excluding ortho intramolecular Hbond substituents is 1. The van der Waals surface area contributed by atoms with E-state index in [-0.39, 0.29) is 22.6 Å². The Hall–Kier alpha value is -4.99. The molecule has 0 bridgehead atoms. The molecule has 2 aliphatic heterocycles. The van der Waals surface area contributed by atoms with Crippen LogP contribution in [-0.2, 0) is 25.1 Å². The van der Waals surface area contributed by atoms with E-state index < -0.39 is 82.0 Å². The van der Waals surface area contributed by atoms with E-state index in [1.165, 1.54) is 35.2 Å². The quantitative estimate of drug-likeness (QED) is 0.121. The molecule has 49 heavy (non-hydrogen) atoms.